The number of rotatable bonds is 3. The number of piperidine rings is 1. The summed E-state index contributed by atoms with van der Waals surface area (Å²) in [6.45, 7) is 6.31. The van der Waals surface area contributed by atoms with Gasteiger partial charge in [0.1, 0.15) is 5.02 Å². The Morgan fingerprint density at radius 1 is 1.47 bits per heavy atom. The molecule has 4 nitrogen and oxygen atoms in total. The minimum Gasteiger partial charge on any atom is -0.296 e. The molecule has 2 atom stereocenters. The van der Waals surface area contributed by atoms with E-state index in [0.29, 0.717) is 12.0 Å². The summed E-state index contributed by atoms with van der Waals surface area (Å²) in [5.41, 5.74) is 0.953. The fourth-order valence-corrected chi connectivity index (χ4v) is 2.86. The number of nitrogens with zero attached hydrogens (tertiary/aromatic N) is 2. The largest absolute Gasteiger partial charge is 0.296 e. The minimum atomic E-state index is -0.423. The maximum absolute atomic E-state index is 10.9. The topological polar surface area (TPSA) is 46.4 Å². The molecule has 0 radical (unpaired) electrons. The van der Waals surface area contributed by atoms with E-state index < -0.39 is 4.92 Å². The average molecular weight is 283 g/mol. The van der Waals surface area contributed by atoms with Crippen LogP contribution in [0.25, 0.3) is 0 Å². The predicted octanol–water partition coefficient (Wildman–Crippen LogP) is 3.87. The quantitative estimate of drug-likeness (QED) is 0.624. The Bertz CT molecular complexity index is 479. The summed E-state index contributed by atoms with van der Waals surface area (Å²) in [7, 11) is 0. The predicted molar refractivity (Wildman–Crippen MR) is 76.4 cm³/mol. The van der Waals surface area contributed by atoms with Crippen molar-refractivity contribution in [2.45, 2.75) is 39.3 Å². The van der Waals surface area contributed by atoms with Gasteiger partial charge in [-0.25, -0.2) is 0 Å². The van der Waals surface area contributed by atoms with Crippen LogP contribution in [0.5, 0.6) is 0 Å². The Morgan fingerprint density at radius 3 is 2.89 bits per heavy atom. The second-order valence-corrected chi connectivity index (χ2v) is 5.78. The fourth-order valence-electron chi connectivity index (χ4n) is 2.68. The Morgan fingerprint density at radius 2 is 2.21 bits per heavy atom. The third-order valence-electron chi connectivity index (χ3n) is 4.10. The molecule has 0 saturated carbocycles. The summed E-state index contributed by atoms with van der Waals surface area (Å²) in [6.07, 6.45) is 2.46. The molecule has 1 saturated heterocycles. The Balaban J connectivity index is 2.15. The van der Waals surface area contributed by atoms with E-state index in [0.717, 1.165) is 18.7 Å². The summed E-state index contributed by atoms with van der Waals surface area (Å²) in [5, 5.41) is 11.1. The van der Waals surface area contributed by atoms with Crippen molar-refractivity contribution in [1.82, 2.24) is 4.90 Å². The summed E-state index contributed by atoms with van der Waals surface area (Å²) < 4.78 is 0. The first kappa shape index (κ1) is 14.3. The van der Waals surface area contributed by atoms with E-state index >= 15 is 0 Å². The van der Waals surface area contributed by atoms with Crippen LogP contribution >= 0.6 is 11.6 Å². The van der Waals surface area contributed by atoms with Crippen LogP contribution < -0.4 is 0 Å². The van der Waals surface area contributed by atoms with Crippen molar-refractivity contribution in [1.29, 1.82) is 0 Å². The van der Waals surface area contributed by atoms with Crippen LogP contribution in [0.15, 0.2) is 18.2 Å². The molecule has 0 aromatic heterocycles. The second-order valence-electron chi connectivity index (χ2n) is 5.37. The highest BCUT2D eigenvalue weighted by Gasteiger charge is 2.25. The Hall–Kier alpha value is -1.13. The van der Waals surface area contributed by atoms with Crippen LogP contribution in [0.3, 0.4) is 0 Å². The van der Waals surface area contributed by atoms with Crippen molar-refractivity contribution in [3.8, 4) is 0 Å². The van der Waals surface area contributed by atoms with E-state index in [-0.39, 0.29) is 10.7 Å². The van der Waals surface area contributed by atoms with Crippen molar-refractivity contribution in [3.05, 3.63) is 38.9 Å². The molecule has 104 valence electrons. The number of likely N-dealkylation sites (tertiary alicyclic amines) is 1. The summed E-state index contributed by atoms with van der Waals surface area (Å²) in [5.74, 6) is 0.677. The molecule has 1 aromatic carbocycles. The molecular weight excluding hydrogens is 264 g/mol. The Labute approximate surface area is 118 Å². The molecule has 1 heterocycles. The number of nitro groups is 1. The van der Waals surface area contributed by atoms with Gasteiger partial charge in [-0.1, -0.05) is 24.6 Å². The van der Waals surface area contributed by atoms with E-state index in [1.165, 1.54) is 12.8 Å². The summed E-state index contributed by atoms with van der Waals surface area (Å²) >= 11 is 5.83. The Kier molecular flexibility index (Phi) is 4.42. The smallest absolute Gasteiger partial charge is 0.288 e. The molecule has 0 spiro atoms. The van der Waals surface area contributed by atoms with Gasteiger partial charge in [0.15, 0.2) is 0 Å². The standard InChI is InChI=1S/C14H19ClN2O2/c1-10-4-3-7-16(11(10)2)9-12-5-6-13(15)14(8-12)17(18)19/h5-6,8,10-11H,3-4,7,9H2,1-2H3. The monoisotopic (exact) mass is 282 g/mol. The van der Waals surface area contributed by atoms with Gasteiger partial charge in [0, 0.05) is 18.7 Å². The van der Waals surface area contributed by atoms with Gasteiger partial charge in [-0.05, 0) is 43.9 Å². The lowest BCUT2D eigenvalue weighted by Gasteiger charge is -2.37. The molecule has 0 N–H and O–H groups in total. The third kappa shape index (κ3) is 3.25. The summed E-state index contributed by atoms with van der Waals surface area (Å²) in [4.78, 5) is 12.9. The normalized spacial score (nSPS) is 24.4. The molecule has 1 fully saturated rings. The highest BCUT2D eigenvalue weighted by molar-refractivity contribution is 6.32. The lowest BCUT2D eigenvalue weighted by Crippen LogP contribution is -2.41. The lowest BCUT2D eigenvalue weighted by atomic mass is 9.92. The number of nitro benzene ring substituents is 1. The molecule has 1 aliphatic rings. The number of hydrogen-bond acceptors (Lipinski definition) is 3. The summed E-state index contributed by atoms with van der Waals surface area (Å²) in [6, 6.07) is 5.60. The first-order valence-electron chi connectivity index (χ1n) is 6.66. The van der Waals surface area contributed by atoms with Crippen molar-refractivity contribution in [2.24, 2.45) is 5.92 Å². The first-order valence-corrected chi connectivity index (χ1v) is 7.03. The molecular formula is C14H19ClN2O2. The highest BCUT2D eigenvalue weighted by atomic mass is 35.5. The van der Waals surface area contributed by atoms with Gasteiger partial charge in [-0.15, -0.1) is 0 Å². The molecule has 5 heteroatoms. The van der Waals surface area contributed by atoms with E-state index in [2.05, 4.69) is 18.7 Å². The van der Waals surface area contributed by atoms with Crippen LogP contribution in [0.1, 0.15) is 32.3 Å². The van der Waals surface area contributed by atoms with E-state index in [4.69, 9.17) is 11.6 Å². The zero-order chi connectivity index (χ0) is 14.0. The molecule has 2 unspecified atom stereocenters. The fraction of sp³-hybridized carbons (Fsp3) is 0.571. The first-order chi connectivity index (χ1) is 8.99. The van der Waals surface area contributed by atoms with Gasteiger partial charge in [0.05, 0.1) is 4.92 Å². The third-order valence-corrected chi connectivity index (χ3v) is 4.42. The van der Waals surface area contributed by atoms with Gasteiger partial charge in [0.25, 0.3) is 5.69 Å². The van der Waals surface area contributed by atoms with Crippen molar-refractivity contribution in [2.75, 3.05) is 6.54 Å². The van der Waals surface area contributed by atoms with Crippen molar-refractivity contribution in [3.63, 3.8) is 0 Å². The zero-order valence-corrected chi connectivity index (χ0v) is 12.1. The number of halogens is 1. The highest BCUT2D eigenvalue weighted by Crippen LogP contribution is 2.28. The van der Waals surface area contributed by atoms with Gasteiger partial charge in [-0.2, -0.15) is 0 Å². The minimum absolute atomic E-state index is 0.00289. The molecule has 2 rings (SSSR count). The van der Waals surface area contributed by atoms with Crippen molar-refractivity contribution >= 4 is 17.3 Å². The van der Waals surface area contributed by atoms with Crippen LogP contribution in [0, 0.1) is 16.0 Å². The average Bonchev–Trinajstić information content (AvgIpc) is 2.37. The van der Waals surface area contributed by atoms with Crippen LogP contribution in [0.2, 0.25) is 5.02 Å². The van der Waals surface area contributed by atoms with Crippen molar-refractivity contribution < 1.29 is 4.92 Å². The second kappa shape index (κ2) is 5.88. The SMILES string of the molecule is CC1CCCN(Cc2ccc(Cl)c([N+](=O)[O-])c2)C1C. The van der Waals surface area contributed by atoms with Crippen LogP contribution in [-0.4, -0.2) is 22.4 Å². The maximum Gasteiger partial charge on any atom is 0.288 e. The molecule has 0 bridgehead atoms. The molecule has 19 heavy (non-hydrogen) atoms. The van der Waals surface area contributed by atoms with Gasteiger partial charge >= 0.3 is 0 Å². The van der Waals surface area contributed by atoms with Crippen LogP contribution in [-0.2, 0) is 6.54 Å². The van der Waals surface area contributed by atoms with Crippen LogP contribution in [0.4, 0.5) is 5.69 Å². The number of benzene rings is 1. The van der Waals surface area contributed by atoms with Gasteiger partial charge in [-0.3, -0.25) is 15.0 Å². The van der Waals surface area contributed by atoms with Gasteiger partial charge < -0.3 is 0 Å². The zero-order valence-electron chi connectivity index (χ0n) is 11.3. The van der Waals surface area contributed by atoms with Gasteiger partial charge in [0.2, 0.25) is 0 Å². The maximum atomic E-state index is 10.9. The molecule has 1 aromatic rings. The lowest BCUT2D eigenvalue weighted by molar-refractivity contribution is -0.384. The number of hydrogen-bond donors (Lipinski definition) is 0. The van der Waals surface area contributed by atoms with E-state index in [1.807, 2.05) is 6.07 Å². The molecule has 0 aliphatic carbocycles. The van der Waals surface area contributed by atoms with E-state index in [9.17, 15) is 10.1 Å². The molecule has 0 amide bonds. The van der Waals surface area contributed by atoms with E-state index in [1.54, 1.807) is 12.1 Å². The molecule has 1 aliphatic heterocycles.